The quantitative estimate of drug-likeness (QED) is 0.846. The zero-order valence-corrected chi connectivity index (χ0v) is 13.0. The maximum atomic E-state index is 11.7. The largest absolute Gasteiger partial charge is 0.490 e. The lowest BCUT2D eigenvalue weighted by Gasteiger charge is -2.28. The van der Waals surface area contributed by atoms with Gasteiger partial charge in [0.25, 0.3) is 0 Å². The van der Waals surface area contributed by atoms with E-state index < -0.39 is 5.97 Å². The van der Waals surface area contributed by atoms with Crippen LogP contribution in [0.3, 0.4) is 0 Å². The predicted octanol–water partition coefficient (Wildman–Crippen LogP) is 3.19. The van der Waals surface area contributed by atoms with Crippen LogP contribution in [0.15, 0.2) is 18.2 Å². The molecule has 0 amide bonds. The van der Waals surface area contributed by atoms with E-state index in [0.29, 0.717) is 12.4 Å². The van der Waals surface area contributed by atoms with E-state index >= 15 is 0 Å². The molecule has 5 heteroatoms. The number of aryl methyl sites for hydroxylation is 1. The Kier molecular flexibility index (Phi) is 5.41. The third kappa shape index (κ3) is 4.00. The first-order valence-corrected chi connectivity index (χ1v) is 7.68. The zero-order valence-electron chi connectivity index (χ0n) is 13.0. The summed E-state index contributed by atoms with van der Waals surface area (Å²) in [4.78, 5) is 22.6. The Morgan fingerprint density at radius 2 is 1.91 bits per heavy atom. The van der Waals surface area contributed by atoms with E-state index in [1.54, 1.807) is 18.2 Å². The standard InChI is InChI=1S/C17H22O5/c1-3-21-17(20)12-4-7-14(8-5-12)22-15-9-6-13(16(18)19)10-11(15)2/h6,9-10,12,14H,3-5,7-8H2,1-2H3,(H,18,19). The second-order valence-electron chi connectivity index (χ2n) is 5.63. The van der Waals surface area contributed by atoms with Crippen LogP contribution >= 0.6 is 0 Å². The fraction of sp³-hybridized carbons (Fsp3) is 0.529. The van der Waals surface area contributed by atoms with Crippen LogP contribution < -0.4 is 4.74 Å². The molecule has 1 saturated carbocycles. The van der Waals surface area contributed by atoms with Crippen LogP contribution in [0, 0.1) is 12.8 Å². The van der Waals surface area contributed by atoms with Crippen molar-refractivity contribution in [2.24, 2.45) is 5.92 Å². The van der Waals surface area contributed by atoms with Gasteiger partial charge in [-0.25, -0.2) is 4.79 Å². The number of hydrogen-bond donors (Lipinski definition) is 1. The molecule has 5 nitrogen and oxygen atoms in total. The average molecular weight is 306 g/mol. The van der Waals surface area contributed by atoms with Gasteiger partial charge in [-0.1, -0.05) is 0 Å². The third-order valence-electron chi connectivity index (χ3n) is 4.01. The van der Waals surface area contributed by atoms with Crippen molar-refractivity contribution in [2.45, 2.75) is 45.6 Å². The Labute approximate surface area is 130 Å². The number of carbonyl (C=O) groups excluding carboxylic acids is 1. The number of carboxylic acids is 1. The number of carboxylic acid groups (broad SMARTS) is 1. The second-order valence-corrected chi connectivity index (χ2v) is 5.63. The molecule has 0 radical (unpaired) electrons. The Hall–Kier alpha value is -2.04. The van der Waals surface area contributed by atoms with E-state index in [-0.39, 0.29) is 23.6 Å². The van der Waals surface area contributed by atoms with Gasteiger partial charge in [0.2, 0.25) is 0 Å². The topological polar surface area (TPSA) is 72.8 Å². The van der Waals surface area contributed by atoms with Crippen LogP contribution in [0.25, 0.3) is 0 Å². The van der Waals surface area contributed by atoms with Crippen molar-refractivity contribution >= 4 is 11.9 Å². The third-order valence-corrected chi connectivity index (χ3v) is 4.01. The summed E-state index contributed by atoms with van der Waals surface area (Å²) in [5.74, 6) is -0.354. The summed E-state index contributed by atoms with van der Waals surface area (Å²) < 4.78 is 11.0. The Bertz CT molecular complexity index is 544. The monoisotopic (exact) mass is 306 g/mol. The minimum Gasteiger partial charge on any atom is -0.490 e. The molecule has 2 rings (SSSR count). The van der Waals surface area contributed by atoms with Gasteiger partial charge in [-0.3, -0.25) is 4.79 Å². The normalized spacial score (nSPS) is 21.2. The van der Waals surface area contributed by atoms with Gasteiger partial charge in [0.05, 0.1) is 24.2 Å². The highest BCUT2D eigenvalue weighted by Crippen LogP contribution is 2.30. The van der Waals surface area contributed by atoms with Crippen molar-refractivity contribution in [1.82, 2.24) is 0 Å². The minimum atomic E-state index is -0.940. The Morgan fingerprint density at radius 3 is 2.45 bits per heavy atom. The molecule has 1 aromatic rings. The molecule has 0 heterocycles. The fourth-order valence-electron chi connectivity index (χ4n) is 2.77. The fourth-order valence-corrected chi connectivity index (χ4v) is 2.77. The van der Waals surface area contributed by atoms with Crippen molar-refractivity contribution in [2.75, 3.05) is 6.61 Å². The Balaban J connectivity index is 1.91. The molecular weight excluding hydrogens is 284 g/mol. The number of esters is 1. The summed E-state index contributed by atoms with van der Waals surface area (Å²) in [6, 6.07) is 4.87. The molecule has 0 aliphatic heterocycles. The van der Waals surface area contributed by atoms with E-state index in [9.17, 15) is 9.59 Å². The number of benzene rings is 1. The summed E-state index contributed by atoms with van der Waals surface area (Å²) in [6.45, 7) is 4.08. The maximum Gasteiger partial charge on any atom is 0.335 e. The number of carbonyl (C=O) groups is 2. The van der Waals surface area contributed by atoms with E-state index in [2.05, 4.69) is 0 Å². The van der Waals surface area contributed by atoms with Crippen LogP contribution in [0.5, 0.6) is 5.75 Å². The second kappa shape index (κ2) is 7.29. The number of rotatable bonds is 5. The van der Waals surface area contributed by atoms with Crippen molar-refractivity contribution in [3.63, 3.8) is 0 Å². The molecule has 0 saturated heterocycles. The van der Waals surface area contributed by atoms with Crippen molar-refractivity contribution in [1.29, 1.82) is 0 Å². The molecule has 0 atom stereocenters. The molecule has 0 bridgehead atoms. The summed E-state index contributed by atoms with van der Waals surface area (Å²) in [6.07, 6.45) is 3.23. The van der Waals surface area contributed by atoms with Gasteiger partial charge >= 0.3 is 11.9 Å². The molecule has 120 valence electrons. The number of hydrogen-bond acceptors (Lipinski definition) is 4. The molecule has 1 aliphatic rings. The summed E-state index contributed by atoms with van der Waals surface area (Å²) >= 11 is 0. The molecular formula is C17H22O5. The SMILES string of the molecule is CCOC(=O)C1CCC(Oc2ccc(C(=O)O)cc2C)CC1. The molecule has 0 unspecified atom stereocenters. The van der Waals surface area contributed by atoms with Gasteiger partial charge in [-0.05, 0) is 63.3 Å². The van der Waals surface area contributed by atoms with Crippen LogP contribution in [-0.4, -0.2) is 29.8 Å². The summed E-state index contributed by atoms with van der Waals surface area (Å²) in [7, 11) is 0. The zero-order chi connectivity index (χ0) is 16.1. The summed E-state index contributed by atoms with van der Waals surface area (Å²) in [5.41, 5.74) is 1.07. The summed E-state index contributed by atoms with van der Waals surface area (Å²) in [5, 5.41) is 8.96. The van der Waals surface area contributed by atoms with Gasteiger partial charge in [0, 0.05) is 0 Å². The van der Waals surface area contributed by atoms with E-state index in [0.717, 1.165) is 31.2 Å². The Morgan fingerprint density at radius 1 is 1.23 bits per heavy atom. The van der Waals surface area contributed by atoms with Gasteiger partial charge in [-0.15, -0.1) is 0 Å². The van der Waals surface area contributed by atoms with E-state index in [1.807, 2.05) is 13.8 Å². The number of ether oxygens (including phenoxy) is 2. The van der Waals surface area contributed by atoms with Crippen LogP contribution in [0.1, 0.15) is 48.5 Å². The molecule has 0 spiro atoms. The van der Waals surface area contributed by atoms with E-state index in [1.165, 1.54) is 0 Å². The van der Waals surface area contributed by atoms with Gasteiger partial charge in [0.15, 0.2) is 0 Å². The van der Waals surface area contributed by atoms with Crippen LogP contribution in [0.2, 0.25) is 0 Å². The first-order chi connectivity index (χ1) is 10.5. The molecule has 0 aromatic heterocycles. The van der Waals surface area contributed by atoms with Gasteiger partial charge in [-0.2, -0.15) is 0 Å². The first-order valence-electron chi connectivity index (χ1n) is 7.68. The highest BCUT2D eigenvalue weighted by Gasteiger charge is 2.28. The smallest absolute Gasteiger partial charge is 0.335 e. The molecule has 1 aromatic carbocycles. The predicted molar refractivity (Wildman–Crippen MR) is 81.1 cm³/mol. The molecule has 1 fully saturated rings. The first kappa shape index (κ1) is 16.3. The van der Waals surface area contributed by atoms with Crippen molar-refractivity contribution in [3.05, 3.63) is 29.3 Å². The van der Waals surface area contributed by atoms with Crippen molar-refractivity contribution < 1.29 is 24.2 Å². The lowest BCUT2D eigenvalue weighted by Crippen LogP contribution is -2.29. The lowest BCUT2D eigenvalue weighted by atomic mass is 9.87. The average Bonchev–Trinajstić information content (AvgIpc) is 2.50. The van der Waals surface area contributed by atoms with E-state index in [4.69, 9.17) is 14.6 Å². The highest BCUT2D eigenvalue weighted by atomic mass is 16.5. The lowest BCUT2D eigenvalue weighted by molar-refractivity contribution is -0.149. The van der Waals surface area contributed by atoms with Gasteiger partial charge < -0.3 is 14.6 Å². The minimum absolute atomic E-state index is 0.0183. The van der Waals surface area contributed by atoms with Crippen molar-refractivity contribution in [3.8, 4) is 5.75 Å². The maximum absolute atomic E-state index is 11.7. The molecule has 1 N–H and O–H groups in total. The highest BCUT2D eigenvalue weighted by molar-refractivity contribution is 5.88. The van der Waals surface area contributed by atoms with Gasteiger partial charge in [0.1, 0.15) is 5.75 Å². The number of aromatic carboxylic acids is 1. The van der Waals surface area contributed by atoms with Crippen LogP contribution in [-0.2, 0) is 9.53 Å². The molecule has 22 heavy (non-hydrogen) atoms. The van der Waals surface area contributed by atoms with Crippen LogP contribution in [0.4, 0.5) is 0 Å². The molecule has 1 aliphatic carbocycles.